The maximum Gasteiger partial charge on any atom is 0.0996 e. The second-order valence-electron chi connectivity index (χ2n) is 6.86. The van der Waals surface area contributed by atoms with Crippen molar-refractivity contribution in [2.75, 3.05) is 19.7 Å². The molecule has 128 valence electrons. The summed E-state index contributed by atoms with van der Waals surface area (Å²) >= 11 is 0. The van der Waals surface area contributed by atoms with Gasteiger partial charge in [-0.3, -0.25) is 4.90 Å². The van der Waals surface area contributed by atoms with E-state index >= 15 is 0 Å². The van der Waals surface area contributed by atoms with E-state index in [0.717, 1.165) is 51.2 Å². The third kappa shape index (κ3) is 3.38. The normalized spacial score (nSPS) is 27.8. The van der Waals surface area contributed by atoms with Crippen LogP contribution in [0.5, 0.6) is 0 Å². The number of imidazole rings is 1. The Hall–Kier alpha value is -1.69. The third-order valence-electron chi connectivity index (χ3n) is 5.24. The molecule has 1 spiro atoms. The van der Waals surface area contributed by atoms with Crippen molar-refractivity contribution in [3.8, 4) is 0 Å². The number of likely N-dealkylation sites (tertiary alicyclic amines) is 1. The second-order valence-corrected chi connectivity index (χ2v) is 6.86. The van der Waals surface area contributed by atoms with Gasteiger partial charge in [-0.2, -0.15) is 0 Å². The smallest absolute Gasteiger partial charge is 0.0996 e. The van der Waals surface area contributed by atoms with Gasteiger partial charge in [-0.1, -0.05) is 30.3 Å². The number of aromatic amines is 1. The van der Waals surface area contributed by atoms with Crippen LogP contribution in [0.2, 0.25) is 0 Å². The van der Waals surface area contributed by atoms with Crippen LogP contribution in [0.25, 0.3) is 0 Å². The first-order valence-electron chi connectivity index (χ1n) is 8.83. The zero-order valence-corrected chi connectivity index (χ0v) is 14.0. The quantitative estimate of drug-likeness (QED) is 0.917. The summed E-state index contributed by atoms with van der Waals surface area (Å²) in [5.74, 6) is 0. The lowest BCUT2D eigenvalue weighted by atomic mass is 9.85. The van der Waals surface area contributed by atoms with Crippen molar-refractivity contribution >= 4 is 0 Å². The Labute approximate surface area is 143 Å². The van der Waals surface area contributed by atoms with Gasteiger partial charge in [0, 0.05) is 38.1 Å². The molecule has 2 atom stereocenters. The summed E-state index contributed by atoms with van der Waals surface area (Å²) in [5, 5.41) is 0. The number of benzene rings is 1. The molecule has 2 aliphatic rings. The number of hydrogen-bond donors (Lipinski definition) is 1. The molecule has 3 heterocycles. The van der Waals surface area contributed by atoms with E-state index in [1.54, 1.807) is 6.33 Å². The van der Waals surface area contributed by atoms with Crippen molar-refractivity contribution in [3.05, 3.63) is 54.1 Å². The summed E-state index contributed by atoms with van der Waals surface area (Å²) in [6, 6.07) is 10.4. The molecule has 0 amide bonds. The van der Waals surface area contributed by atoms with E-state index in [9.17, 15) is 0 Å². The molecule has 2 aliphatic heterocycles. The zero-order chi connectivity index (χ0) is 16.2. The molecule has 0 bridgehead atoms. The summed E-state index contributed by atoms with van der Waals surface area (Å²) in [6.45, 7) is 4.36. The minimum absolute atomic E-state index is 0.0841. The van der Waals surface area contributed by atoms with E-state index in [1.807, 2.05) is 12.3 Å². The van der Waals surface area contributed by atoms with Crippen LogP contribution < -0.4 is 0 Å². The van der Waals surface area contributed by atoms with E-state index in [1.165, 1.54) is 5.56 Å². The molecule has 0 saturated carbocycles. The number of nitrogens with zero attached hydrogens (tertiary/aromatic N) is 2. The number of H-pyrrole nitrogens is 1. The Morgan fingerprint density at radius 2 is 2.21 bits per heavy atom. The fourth-order valence-electron chi connectivity index (χ4n) is 3.90. The van der Waals surface area contributed by atoms with Crippen molar-refractivity contribution in [2.24, 2.45) is 0 Å². The van der Waals surface area contributed by atoms with Crippen LogP contribution >= 0.6 is 0 Å². The SMILES string of the molecule is c1ccc(CO[C@H]2CN(Cc3cnc[nH]3)CC[C@@]23CCCO3)cc1. The highest BCUT2D eigenvalue weighted by Gasteiger charge is 2.47. The number of nitrogens with one attached hydrogen (secondary N) is 1. The third-order valence-corrected chi connectivity index (χ3v) is 5.24. The lowest BCUT2D eigenvalue weighted by Crippen LogP contribution is -2.56. The van der Waals surface area contributed by atoms with Gasteiger partial charge in [-0.05, 0) is 24.8 Å². The largest absolute Gasteiger partial charge is 0.372 e. The van der Waals surface area contributed by atoms with E-state index < -0.39 is 0 Å². The summed E-state index contributed by atoms with van der Waals surface area (Å²) in [6.07, 6.45) is 7.06. The Bertz CT molecular complexity index is 623. The molecule has 2 saturated heterocycles. The molecule has 2 aromatic rings. The number of piperidine rings is 1. The first kappa shape index (κ1) is 15.8. The Kier molecular flexibility index (Phi) is 4.65. The van der Waals surface area contributed by atoms with Gasteiger partial charge in [0.15, 0.2) is 0 Å². The molecule has 0 aliphatic carbocycles. The molecule has 1 N–H and O–H groups in total. The maximum absolute atomic E-state index is 6.36. The second kappa shape index (κ2) is 7.05. The van der Waals surface area contributed by atoms with Gasteiger partial charge < -0.3 is 14.5 Å². The molecule has 5 nitrogen and oxygen atoms in total. The molecule has 0 unspecified atom stereocenters. The summed E-state index contributed by atoms with van der Waals surface area (Å²) in [4.78, 5) is 9.75. The van der Waals surface area contributed by atoms with Gasteiger partial charge in [0.1, 0.15) is 0 Å². The number of hydrogen-bond acceptors (Lipinski definition) is 4. The van der Waals surface area contributed by atoms with E-state index in [4.69, 9.17) is 9.47 Å². The predicted molar refractivity (Wildman–Crippen MR) is 91.4 cm³/mol. The molecule has 0 radical (unpaired) electrons. The topological polar surface area (TPSA) is 50.4 Å². The Morgan fingerprint density at radius 3 is 2.96 bits per heavy atom. The predicted octanol–water partition coefficient (Wildman–Crippen LogP) is 2.75. The molecule has 1 aromatic carbocycles. The fraction of sp³-hybridized carbons (Fsp3) is 0.526. The molecular weight excluding hydrogens is 302 g/mol. The van der Waals surface area contributed by atoms with Gasteiger partial charge in [0.2, 0.25) is 0 Å². The zero-order valence-electron chi connectivity index (χ0n) is 14.0. The van der Waals surface area contributed by atoms with Gasteiger partial charge in [-0.25, -0.2) is 4.98 Å². The van der Waals surface area contributed by atoms with Gasteiger partial charge in [0.25, 0.3) is 0 Å². The first-order valence-corrected chi connectivity index (χ1v) is 8.83. The van der Waals surface area contributed by atoms with Crippen LogP contribution in [0.1, 0.15) is 30.5 Å². The van der Waals surface area contributed by atoms with Crippen molar-refractivity contribution in [3.63, 3.8) is 0 Å². The van der Waals surface area contributed by atoms with Crippen LogP contribution in [0.15, 0.2) is 42.9 Å². The molecule has 2 fully saturated rings. The summed E-state index contributed by atoms with van der Waals surface area (Å²) in [7, 11) is 0. The average molecular weight is 327 g/mol. The summed E-state index contributed by atoms with van der Waals surface area (Å²) < 4.78 is 12.6. The Balaban J connectivity index is 1.43. The van der Waals surface area contributed by atoms with Crippen LogP contribution in [0, 0.1) is 0 Å². The van der Waals surface area contributed by atoms with E-state index in [2.05, 4.69) is 39.1 Å². The van der Waals surface area contributed by atoms with Crippen LogP contribution in [0.4, 0.5) is 0 Å². The average Bonchev–Trinajstić information content (AvgIpc) is 3.29. The highest BCUT2D eigenvalue weighted by Crippen LogP contribution is 2.38. The highest BCUT2D eigenvalue weighted by atomic mass is 16.6. The summed E-state index contributed by atoms with van der Waals surface area (Å²) in [5.41, 5.74) is 2.29. The number of ether oxygens (including phenoxy) is 2. The van der Waals surface area contributed by atoms with Crippen molar-refractivity contribution in [1.82, 2.24) is 14.9 Å². The fourth-order valence-corrected chi connectivity index (χ4v) is 3.90. The molecule has 5 heteroatoms. The van der Waals surface area contributed by atoms with Crippen LogP contribution in [0.3, 0.4) is 0 Å². The van der Waals surface area contributed by atoms with Crippen LogP contribution in [-0.4, -0.2) is 46.3 Å². The Morgan fingerprint density at radius 1 is 1.29 bits per heavy atom. The lowest BCUT2D eigenvalue weighted by molar-refractivity contribution is -0.159. The molecular formula is C19H25N3O2. The van der Waals surface area contributed by atoms with Crippen molar-refractivity contribution in [2.45, 2.75) is 44.1 Å². The standard InChI is InChI=1S/C19H25N3O2/c1-2-5-16(6-3-1)14-23-18-13-22(12-17-11-20-15-21-17)9-8-19(18)7-4-10-24-19/h1-3,5-6,11,15,18H,4,7-10,12-14H2,(H,20,21)/t18-,19-/m0/s1. The first-order chi connectivity index (χ1) is 11.8. The highest BCUT2D eigenvalue weighted by molar-refractivity contribution is 5.13. The monoisotopic (exact) mass is 327 g/mol. The number of aromatic nitrogens is 2. The van der Waals surface area contributed by atoms with Crippen molar-refractivity contribution < 1.29 is 9.47 Å². The molecule has 24 heavy (non-hydrogen) atoms. The minimum Gasteiger partial charge on any atom is -0.372 e. The molecule has 4 rings (SSSR count). The number of rotatable bonds is 5. The van der Waals surface area contributed by atoms with E-state index in [-0.39, 0.29) is 11.7 Å². The van der Waals surface area contributed by atoms with Gasteiger partial charge in [0.05, 0.1) is 24.6 Å². The van der Waals surface area contributed by atoms with Gasteiger partial charge >= 0.3 is 0 Å². The maximum atomic E-state index is 6.36. The van der Waals surface area contributed by atoms with E-state index in [0.29, 0.717) is 6.61 Å². The molecule has 1 aromatic heterocycles. The minimum atomic E-state index is -0.0841. The van der Waals surface area contributed by atoms with Crippen molar-refractivity contribution in [1.29, 1.82) is 0 Å². The van der Waals surface area contributed by atoms with Crippen LogP contribution in [-0.2, 0) is 22.6 Å². The lowest BCUT2D eigenvalue weighted by Gasteiger charge is -2.44. The van der Waals surface area contributed by atoms with Gasteiger partial charge in [-0.15, -0.1) is 0 Å².